The van der Waals surface area contributed by atoms with Crippen molar-refractivity contribution in [2.45, 2.75) is 58.9 Å². The fraction of sp³-hybridized carbons (Fsp3) is 0.429. The molecule has 0 bridgehead atoms. The summed E-state index contributed by atoms with van der Waals surface area (Å²) in [6.07, 6.45) is 1.54. The van der Waals surface area contributed by atoms with Crippen LogP contribution in [0.1, 0.15) is 70.2 Å². The van der Waals surface area contributed by atoms with Crippen molar-refractivity contribution in [2.75, 3.05) is 20.3 Å². The van der Waals surface area contributed by atoms with Crippen molar-refractivity contribution in [2.24, 2.45) is 0 Å². The van der Waals surface area contributed by atoms with E-state index >= 15 is 0 Å². The van der Waals surface area contributed by atoms with Crippen molar-refractivity contribution in [1.82, 2.24) is 4.90 Å². The first-order valence-electron chi connectivity index (χ1n) is 12.0. The van der Waals surface area contributed by atoms with Crippen molar-refractivity contribution in [3.8, 4) is 17.2 Å². The number of carbonyl (C=O) groups excluding carboxylic acids is 2. The first kappa shape index (κ1) is 26.1. The van der Waals surface area contributed by atoms with E-state index in [0.29, 0.717) is 36.4 Å². The summed E-state index contributed by atoms with van der Waals surface area (Å²) < 4.78 is 11.0. The zero-order chi connectivity index (χ0) is 25.9. The topological polar surface area (TPSA) is 96.3 Å². The van der Waals surface area contributed by atoms with Crippen LogP contribution in [0.15, 0.2) is 42.0 Å². The van der Waals surface area contributed by atoms with Gasteiger partial charge in [-0.25, -0.2) is 0 Å². The molecular weight excluding hydrogens is 446 g/mol. The number of amides is 1. The molecule has 1 unspecified atom stereocenters. The van der Waals surface area contributed by atoms with Gasteiger partial charge in [0.15, 0.2) is 11.5 Å². The monoisotopic (exact) mass is 481 g/mol. The van der Waals surface area contributed by atoms with Crippen LogP contribution in [0.4, 0.5) is 0 Å². The molecule has 35 heavy (non-hydrogen) atoms. The summed E-state index contributed by atoms with van der Waals surface area (Å²) in [5.41, 5.74) is 1.61. The highest BCUT2D eigenvalue weighted by Gasteiger charge is 2.46. The third kappa shape index (κ3) is 5.14. The first-order chi connectivity index (χ1) is 16.5. The van der Waals surface area contributed by atoms with Gasteiger partial charge in [0.2, 0.25) is 0 Å². The zero-order valence-corrected chi connectivity index (χ0v) is 21.3. The molecule has 188 valence electrons. The number of ether oxygens (including phenoxy) is 2. The fourth-order valence-corrected chi connectivity index (χ4v) is 4.35. The van der Waals surface area contributed by atoms with Gasteiger partial charge in [0, 0.05) is 17.7 Å². The molecule has 2 N–H and O–H groups in total. The molecule has 0 aromatic heterocycles. The second kappa shape index (κ2) is 10.4. The Hall–Kier alpha value is -3.48. The van der Waals surface area contributed by atoms with Crippen LogP contribution >= 0.6 is 0 Å². The largest absolute Gasteiger partial charge is 0.507 e. The van der Waals surface area contributed by atoms with E-state index in [0.717, 1.165) is 12.0 Å². The van der Waals surface area contributed by atoms with Crippen molar-refractivity contribution in [3.05, 3.63) is 58.7 Å². The average molecular weight is 482 g/mol. The molecule has 0 spiro atoms. The molecule has 1 amide bonds. The SMILES string of the molecule is CCCCN1C(=O)C(=O)/C(=C(/O)c2ccc(OC)c(C(C)(C)C)c2)C1c1ccc(O)c(OCC)c1. The Labute approximate surface area is 207 Å². The highest BCUT2D eigenvalue weighted by molar-refractivity contribution is 6.46. The summed E-state index contributed by atoms with van der Waals surface area (Å²) >= 11 is 0. The zero-order valence-electron chi connectivity index (χ0n) is 21.3. The third-order valence-electron chi connectivity index (χ3n) is 6.17. The molecular formula is C28H35NO6. The molecule has 1 aliphatic rings. The standard InChI is InChI=1S/C28H35NO6/c1-7-9-14-29-24(17-10-12-20(30)22(16-17)35-8-2)23(26(32)27(29)33)25(31)18-11-13-21(34-6)19(15-18)28(3,4)5/h10-13,15-16,24,30-31H,7-9,14H2,1-6H3/b25-23+. The number of ketones is 1. The normalized spacial score (nSPS) is 17.7. The maximum Gasteiger partial charge on any atom is 0.295 e. The lowest BCUT2D eigenvalue weighted by atomic mass is 9.84. The molecule has 1 aliphatic heterocycles. The van der Waals surface area contributed by atoms with Gasteiger partial charge in [0.1, 0.15) is 11.5 Å². The fourth-order valence-electron chi connectivity index (χ4n) is 4.35. The summed E-state index contributed by atoms with van der Waals surface area (Å²) in [6, 6.07) is 9.18. The number of nitrogens with zero attached hydrogens (tertiary/aromatic N) is 1. The Morgan fingerprint density at radius 3 is 2.37 bits per heavy atom. The minimum absolute atomic E-state index is 0.0178. The molecule has 1 atom stereocenters. The molecule has 0 saturated carbocycles. The van der Waals surface area contributed by atoms with E-state index in [9.17, 15) is 19.8 Å². The predicted molar refractivity (Wildman–Crippen MR) is 135 cm³/mol. The predicted octanol–water partition coefficient (Wildman–Crippen LogP) is 5.32. The summed E-state index contributed by atoms with van der Waals surface area (Å²) in [4.78, 5) is 27.8. The third-order valence-corrected chi connectivity index (χ3v) is 6.17. The molecule has 3 rings (SSSR count). The van der Waals surface area contributed by atoms with Crippen LogP contribution in [0.3, 0.4) is 0 Å². The summed E-state index contributed by atoms with van der Waals surface area (Å²) in [5.74, 6) is -0.736. The van der Waals surface area contributed by atoms with Gasteiger partial charge in [-0.05, 0) is 54.7 Å². The Bertz CT molecular complexity index is 1140. The van der Waals surface area contributed by atoms with E-state index in [1.807, 2.05) is 27.7 Å². The maximum atomic E-state index is 13.2. The molecule has 0 aliphatic carbocycles. The smallest absolute Gasteiger partial charge is 0.295 e. The number of carbonyl (C=O) groups is 2. The van der Waals surface area contributed by atoms with Crippen molar-refractivity contribution in [1.29, 1.82) is 0 Å². The number of benzene rings is 2. The lowest BCUT2D eigenvalue weighted by Gasteiger charge is -2.26. The van der Waals surface area contributed by atoms with Gasteiger partial charge in [-0.15, -0.1) is 0 Å². The quantitative estimate of drug-likeness (QED) is 0.301. The first-order valence-corrected chi connectivity index (χ1v) is 12.0. The number of rotatable bonds is 8. The number of hydrogen-bond donors (Lipinski definition) is 2. The van der Waals surface area contributed by atoms with Crippen molar-refractivity contribution >= 4 is 17.4 Å². The van der Waals surface area contributed by atoms with Crippen LogP contribution < -0.4 is 9.47 Å². The number of aliphatic hydroxyl groups is 1. The van der Waals surface area contributed by atoms with Crippen LogP contribution in [0.2, 0.25) is 0 Å². The Morgan fingerprint density at radius 2 is 1.77 bits per heavy atom. The van der Waals surface area contributed by atoms with Crippen LogP contribution in [-0.2, 0) is 15.0 Å². The molecule has 1 fully saturated rings. The minimum Gasteiger partial charge on any atom is -0.507 e. The number of phenolic OH excluding ortho intramolecular Hbond substituents is 1. The van der Waals surface area contributed by atoms with Crippen molar-refractivity contribution in [3.63, 3.8) is 0 Å². The molecule has 0 radical (unpaired) electrons. The second-order valence-electron chi connectivity index (χ2n) is 9.67. The Balaban J connectivity index is 2.23. The van der Waals surface area contributed by atoms with Crippen LogP contribution in [0.5, 0.6) is 17.2 Å². The number of likely N-dealkylation sites (tertiary alicyclic amines) is 1. The van der Waals surface area contributed by atoms with E-state index in [1.54, 1.807) is 44.4 Å². The van der Waals surface area contributed by atoms with Crippen LogP contribution in [0, 0.1) is 0 Å². The second-order valence-corrected chi connectivity index (χ2v) is 9.67. The van der Waals surface area contributed by atoms with Gasteiger partial charge in [0.05, 0.1) is 25.3 Å². The number of phenols is 1. The molecule has 7 heteroatoms. The number of aliphatic hydroxyl groups excluding tert-OH is 1. The summed E-state index contributed by atoms with van der Waals surface area (Å²) in [7, 11) is 1.59. The number of aromatic hydroxyl groups is 1. The molecule has 7 nitrogen and oxygen atoms in total. The van der Waals surface area contributed by atoms with E-state index in [-0.39, 0.29) is 28.2 Å². The number of hydrogen-bond acceptors (Lipinski definition) is 6. The van der Waals surface area contributed by atoms with E-state index in [1.165, 1.54) is 11.0 Å². The number of methoxy groups -OCH3 is 1. The van der Waals surface area contributed by atoms with Crippen LogP contribution in [0.25, 0.3) is 5.76 Å². The molecule has 2 aromatic carbocycles. The molecule has 1 saturated heterocycles. The summed E-state index contributed by atoms with van der Waals surface area (Å²) in [6.45, 7) is 10.6. The van der Waals surface area contributed by atoms with Crippen LogP contribution in [-0.4, -0.2) is 47.1 Å². The van der Waals surface area contributed by atoms with E-state index < -0.39 is 17.7 Å². The van der Waals surface area contributed by atoms with Gasteiger partial charge in [-0.2, -0.15) is 0 Å². The molecule has 1 heterocycles. The van der Waals surface area contributed by atoms with Gasteiger partial charge in [-0.3, -0.25) is 9.59 Å². The highest BCUT2D eigenvalue weighted by Crippen LogP contribution is 2.43. The average Bonchev–Trinajstić information content (AvgIpc) is 3.07. The lowest BCUT2D eigenvalue weighted by Crippen LogP contribution is -2.30. The Morgan fingerprint density at radius 1 is 1.06 bits per heavy atom. The lowest BCUT2D eigenvalue weighted by molar-refractivity contribution is -0.139. The van der Waals surface area contributed by atoms with Crippen molar-refractivity contribution < 1.29 is 29.3 Å². The minimum atomic E-state index is -0.804. The van der Waals surface area contributed by atoms with Gasteiger partial charge in [0.25, 0.3) is 11.7 Å². The van der Waals surface area contributed by atoms with Gasteiger partial charge >= 0.3 is 0 Å². The molecule has 2 aromatic rings. The van der Waals surface area contributed by atoms with E-state index in [4.69, 9.17) is 9.47 Å². The van der Waals surface area contributed by atoms with Gasteiger partial charge < -0.3 is 24.6 Å². The summed E-state index contributed by atoms with van der Waals surface area (Å²) in [5, 5.41) is 21.6. The van der Waals surface area contributed by atoms with Gasteiger partial charge in [-0.1, -0.05) is 40.2 Å². The Kier molecular flexibility index (Phi) is 7.78. The highest BCUT2D eigenvalue weighted by atomic mass is 16.5. The number of unbranched alkanes of at least 4 members (excludes halogenated alkanes) is 1. The van der Waals surface area contributed by atoms with E-state index in [2.05, 4.69) is 0 Å². The number of Topliss-reactive ketones (excluding diaryl/α,β-unsaturated/α-hetero) is 1. The maximum absolute atomic E-state index is 13.2.